The third kappa shape index (κ3) is 14.9. The number of hydrogen-bond donors (Lipinski definition) is 1. The van der Waals surface area contributed by atoms with E-state index in [4.69, 9.17) is 9.47 Å². The Morgan fingerprint density at radius 3 is 1.70 bits per heavy atom. The third-order valence-corrected chi connectivity index (χ3v) is 6.55. The van der Waals surface area contributed by atoms with Crippen molar-refractivity contribution in [3.8, 4) is 11.5 Å². The Morgan fingerprint density at radius 1 is 0.676 bits per heavy atom. The second-order valence-corrected chi connectivity index (χ2v) is 10.5. The molecule has 0 saturated carbocycles. The molecule has 0 amide bonds. The van der Waals surface area contributed by atoms with Gasteiger partial charge in [0.2, 0.25) is 6.79 Å². The van der Waals surface area contributed by atoms with Gasteiger partial charge in [0.25, 0.3) is 0 Å². The highest BCUT2D eigenvalue weighted by Crippen LogP contribution is 2.32. The van der Waals surface area contributed by atoms with Crippen molar-refractivity contribution in [1.82, 2.24) is 5.32 Å². The van der Waals surface area contributed by atoms with E-state index >= 15 is 0 Å². The van der Waals surface area contributed by atoms with E-state index in [0.29, 0.717) is 6.79 Å². The minimum absolute atomic E-state index is 0. The van der Waals surface area contributed by atoms with Gasteiger partial charge in [-0.3, -0.25) is 0 Å². The lowest BCUT2D eigenvalue weighted by Crippen LogP contribution is -2.13. The molecular formula is C33H50ClNO2. The van der Waals surface area contributed by atoms with Gasteiger partial charge in [0.15, 0.2) is 11.5 Å². The van der Waals surface area contributed by atoms with Gasteiger partial charge >= 0.3 is 0 Å². The number of ether oxygens (including phenoxy) is 2. The molecule has 0 fully saturated rings. The summed E-state index contributed by atoms with van der Waals surface area (Å²) in [5, 5.41) is 3.49. The van der Waals surface area contributed by atoms with Crippen LogP contribution in [0.4, 0.5) is 0 Å². The molecule has 4 heteroatoms. The van der Waals surface area contributed by atoms with Gasteiger partial charge in [-0.05, 0) is 111 Å². The molecule has 3 nitrogen and oxygen atoms in total. The summed E-state index contributed by atoms with van der Waals surface area (Å²) in [6.45, 7) is 15.4. The summed E-state index contributed by atoms with van der Waals surface area (Å²) >= 11 is 0. The Morgan fingerprint density at radius 2 is 1.16 bits per heavy atom. The van der Waals surface area contributed by atoms with Crippen LogP contribution in [-0.2, 0) is 6.54 Å². The molecule has 0 atom stereocenters. The van der Waals surface area contributed by atoms with Crippen molar-refractivity contribution in [1.29, 1.82) is 0 Å². The first-order valence-corrected chi connectivity index (χ1v) is 13.7. The molecule has 1 aromatic rings. The molecule has 1 heterocycles. The summed E-state index contributed by atoms with van der Waals surface area (Å²) in [5.41, 5.74) is 8.61. The highest BCUT2D eigenvalue weighted by molar-refractivity contribution is 5.85. The van der Waals surface area contributed by atoms with Crippen LogP contribution in [0.25, 0.3) is 0 Å². The minimum atomic E-state index is 0. The zero-order chi connectivity index (χ0) is 26.2. The zero-order valence-electron chi connectivity index (χ0n) is 24.1. The van der Waals surface area contributed by atoms with Gasteiger partial charge in [-0.25, -0.2) is 0 Å². The molecule has 1 N–H and O–H groups in total. The quantitative estimate of drug-likeness (QED) is 0.171. The molecular weight excluding hydrogens is 478 g/mol. The lowest BCUT2D eigenvalue weighted by molar-refractivity contribution is 0.174. The summed E-state index contributed by atoms with van der Waals surface area (Å²) in [6.07, 6.45) is 21.1. The number of benzene rings is 1. The van der Waals surface area contributed by atoms with Crippen molar-refractivity contribution < 1.29 is 9.47 Å². The van der Waals surface area contributed by atoms with Gasteiger partial charge < -0.3 is 14.8 Å². The average Bonchev–Trinajstić information content (AvgIpc) is 3.29. The minimum Gasteiger partial charge on any atom is -0.454 e. The standard InChI is InChI=1S/C33H49NO2.ClH/c1-26(2)11-7-12-27(3)13-8-14-28(4)15-9-16-29(5)17-10-18-30(6)21-22-34-24-31-19-20-32-33(23-31)36-25-35-32;/h11,13,15,17,19-21,23,34H,7-10,12,14,16,18,22,24-25H2,1-6H3;1H/b27-13?,28-15?,29-17+,30-21+;. The highest BCUT2D eigenvalue weighted by atomic mass is 35.5. The monoisotopic (exact) mass is 527 g/mol. The van der Waals surface area contributed by atoms with Crippen molar-refractivity contribution in [3.05, 3.63) is 82.0 Å². The van der Waals surface area contributed by atoms with Crippen molar-refractivity contribution in [2.75, 3.05) is 13.3 Å². The molecule has 0 radical (unpaired) electrons. The van der Waals surface area contributed by atoms with E-state index in [-0.39, 0.29) is 12.4 Å². The summed E-state index contributed by atoms with van der Waals surface area (Å²) in [5.74, 6) is 1.69. The molecule has 0 aliphatic carbocycles. The van der Waals surface area contributed by atoms with Crippen molar-refractivity contribution in [2.24, 2.45) is 0 Å². The summed E-state index contributed by atoms with van der Waals surface area (Å²) in [6, 6.07) is 6.13. The van der Waals surface area contributed by atoms with Gasteiger partial charge in [0.05, 0.1) is 0 Å². The van der Waals surface area contributed by atoms with Gasteiger partial charge in [-0.2, -0.15) is 0 Å². The smallest absolute Gasteiger partial charge is 0.231 e. The van der Waals surface area contributed by atoms with Crippen LogP contribution in [0.1, 0.15) is 98.5 Å². The van der Waals surface area contributed by atoms with Gasteiger partial charge in [-0.15, -0.1) is 12.4 Å². The van der Waals surface area contributed by atoms with E-state index in [1.165, 1.54) is 52.7 Å². The van der Waals surface area contributed by atoms with Crippen LogP contribution in [0.2, 0.25) is 0 Å². The molecule has 1 aromatic carbocycles. The Bertz CT molecular complexity index is 965. The van der Waals surface area contributed by atoms with Crippen LogP contribution in [0.3, 0.4) is 0 Å². The van der Waals surface area contributed by atoms with E-state index < -0.39 is 0 Å². The SMILES string of the molecule is CC(C)=CCCC(C)=CCCC(C)=CCC/C(C)=C/CC/C(C)=C/CNCc1ccc2c(c1)OCO2.Cl. The maximum atomic E-state index is 5.45. The first-order chi connectivity index (χ1) is 17.3. The Balaban J connectivity index is 0.00000684. The fourth-order valence-electron chi connectivity index (χ4n) is 4.15. The second-order valence-electron chi connectivity index (χ2n) is 10.5. The number of rotatable bonds is 16. The van der Waals surface area contributed by atoms with E-state index in [1.54, 1.807) is 0 Å². The summed E-state index contributed by atoms with van der Waals surface area (Å²) in [7, 11) is 0. The predicted molar refractivity (Wildman–Crippen MR) is 163 cm³/mol. The van der Waals surface area contributed by atoms with Gasteiger partial charge in [-0.1, -0.05) is 64.3 Å². The number of allylic oxidation sites excluding steroid dienone is 9. The maximum Gasteiger partial charge on any atom is 0.231 e. The molecule has 0 unspecified atom stereocenters. The average molecular weight is 528 g/mol. The topological polar surface area (TPSA) is 30.5 Å². The second kappa shape index (κ2) is 18.9. The molecule has 1 aliphatic rings. The first kappa shape index (κ1) is 32.8. The fraction of sp³-hybridized carbons (Fsp3) is 0.515. The largest absolute Gasteiger partial charge is 0.454 e. The lowest BCUT2D eigenvalue weighted by atomic mass is 10.0. The van der Waals surface area contributed by atoms with E-state index in [9.17, 15) is 0 Å². The van der Waals surface area contributed by atoms with Crippen LogP contribution in [0.5, 0.6) is 11.5 Å². The van der Waals surface area contributed by atoms with Crippen LogP contribution in [0.15, 0.2) is 76.4 Å². The number of halogens is 1. The predicted octanol–water partition coefficient (Wildman–Crippen LogP) is 9.80. The lowest BCUT2D eigenvalue weighted by Gasteiger charge is -2.05. The van der Waals surface area contributed by atoms with Crippen molar-refractivity contribution in [3.63, 3.8) is 0 Å². The Hall–Kier alpha value is -2.23. The van der Waals surface area contributed by atoms with Gasteiger partial charge in [0.1, 0.15) is 0 Å². The molecule has 0 spiro atoms. The van der Waals surface area contributed by atoms with E-state index in [2.05, 4.69) is 89.4 Å². The van der Waals surface area contributed by atoms with Crippen LogP contribution < -0.4 is 14.8 Å². The Kier molecular flexibility index (Phi) is 16.8. The molecule has 1 aliphatic heterocycles. The number of hydrogen-bond acceptors (Lipinski definition) is 3. The van der Waals surface area contributed by atoms with E-state index in [1.807, 2.05) is 6.07 Å². The highest BCUT2D eigenvalue weighted by Gasteiger charge is 2.12. The molecule has 0 aromatic heterocycles. The molecule has 0 saturated heterocycles. The zero-order valence-corrected chi connectivity index (χ0v) is 24.9. The van der Waals surface area contributed by atoms with Crippen LogP contribution >= 0.6 is 12.4 Å². The van der Waals surface area contributed by atoms with Crippen molar-refractivity contribution >= 4 is 12.4 Å². The van der Waals surface area contributed by atoms with Gasteiger partial charge in [0, 0.05) is 13.1 Å². The van der Waals surface area contributed by atoms with Crippen LogP contribution in [0, 0.1) is 0 Å². The Labute approximate surface area is 233 Å². The summed E-state index contributed by atoms with van der Waals surface area (Å²) in [4.78, 5) is 0. The molecule has 2 rings (SSSR count). The fourth-order valence-corrected chi connectivity index (χ4v) is 4.15. The number of fused-ring (bicyclic) bond motifs is 1. The molecule has 37 heavy (non-hydrogen) atoms. The first-order valence-electron chi connectivity index (χ1n) is 13.7. The normalized spacial score (nSPS) is 14.0. The summed E-state index contributed by atoms with van der Waals surface area (Å²) < 4.78 is 10.8. The maximum absolute atomic E-state index is 5.45. The third-order valence-electron chi connectivity index (χ3n) is 6.55. The molecule has 0 bridgehead atoms. The number of nitrogens with one attached hydrogen (secondary N) is 1. The van der Waals surface area contributed by atoms with Crippen LogP contribution in [-0.4, -0.2) is 13.3 Å². The van der Waals surface area contributed by atoms with E-state index in [0.717, 1.165) is 56.7 Å². The molecule has 206 valence electrons. The van der Waals surface area contributed by atoms with Crippen molar-refractivity contribution in [2.45, 2.75) is 99.5 Å².